The number of aromatic nitrogens is 2. The molecule has 0 spiro atoms. The minimum Gasteiger partial charge on any atom is -0.444 e. The van der Waals surface area contributed by atoms with E-state index in [-0.39, 0.29) is 18.0 Å². The molecule has 2 atom stereocenters. The van der Waals surface area contributed by atoms with E-state index < -0.39 is 5.60 Å². The van der Waals surface area contributed by atoms with Crippen molar-refractivity contribution in [3.8, 4) is 0 Å². The van der Waals surface area contributed by atoms with Crippen molar-refractivity contribution in [1.82, 2.24) is 19.9 Å². The van der Waals surface area contributed by atoms with Gasteiger partial charge in [-0.25, -0.2) is 4.79 Å². The molecule has 3 heterocycles. The number of likely N-dealkylation sites (tertiary alicyclic amines) is 2. The van der Waals surface area contributed by atoms with E-state index in [0.717, 1.165) is 19.4 Å². The molecule has 2 aliphatic heterocycles. The molecule has 3 rings (SSSR count). The highest BCUT2D eigenvalue weighted by atomic mass is 16.6. The second kappa shape index (κ2) is 7.86. The fraction of sp³-hybridized carbons (Fsp3) is 0.789. The van der Waals surface area contributed by atoms with Gasteiger partial charge in [-0.15, -0.1) is 0 Å². The average molecular weight is 378 g/mol. The molecule has 8 heteroatoms. The second-order valence-electron chi connectivity index (χ2n) is 8.51. The monoisotopic (exact) mass is 378 g/mol. The number of hydrogen-bond acceptors (Lipinski definition) is 6. The summed E-state index contributed by atoms with van der Waals surface area (Å²) in [7, 11) is 0. The molecular formula is C19H30N4O4. The Bertz CT molecular complexity index is 681. The van der Waals surface area contributed by atoms with Crippen molar-refractivity contribution in [3.63, 3.8) is 0 Å². The number of aryl methyl sites for hydroxylation is 2. The van der Waals surface area contributed by atoms with E-state index in [1.807, 2.05) is 30.6 Å². The molecule has 150 valence electrons. The summed E-state index contributed by atoms with van der Waals surface area (Å²) in [5.74, 6) is 1.77. The lowest BCUT2D eigenvalue weighted by molar-refractivity contribution is -0.133. The van der Waals surface area contributed by atoms with E-state index in [1.165, 1.54) is 0 Å². The molecule has 2 aliphatic rings. The molecule has 2 saturated heterocycles. The lowest BCUT2D eigenvalue weighted by Gasteiger charge is -2.38. The molecule has 1 aromatic heterocycles. The SMILES string of the molecule is Cc1noc(CCCC(=O)N2CCC3CCN(C(=O)OC(C)(C)C)C3C2)n1. The van der Waals surface area contributed by atoms with Crippen LogP contribution in [0.3, 0.4) is 0 Å². The third-order valence-corrected chi connectivity index (χ3v) is 5.19. The topological polar surface area (TPSA) is 88.8 Å². The van der Waals surface area contributed by atoms with Crippen molar-refractivity contribution in [1.29, 1.82) is 0 Å². The van der Waals surface area contributed by atoms with Gasteiger partial charge in [-0.05, 0) is 52.9 Å². The Morgan fingerprint density at radius 2 is 2.00 bits per heavy atom. The Hall–Kier alpha value is -2.12. The summed E-state index contributed by atoms with van der Waals surface area (Å²) in [5, 5.41) is 3.76. The summed E-state index contributed by atoms with van der Waals surface area (Å²) < 4.78 is 10.6. The van der Waals surface area contributed by atoms with E-state index in [2.05, 4.69) is 10.1 Å². The zero-order chi connectivity index (χ0) is 19.6. The second-order valence-corrected chi connectivity index (χ2v) is 8.51. The van der Waals surface area contributed by atoms with E-state index in [1.54, 1.807) is 6.92 Å². The molecule has 0 N–H and O–H groups in total. The van der Waals surface area contributed by atoms with Crippen LogP contribution >= 0.6 is 0 Å². The maximum absolute atomic E-state index is 12.6. The molecule has 27 heavy (non-hydrogen) atoms. The molecule has 2 unspecified atom stereocenters. The van der Waals surface area contributed by atoms with Crippen molar-refractivity contribution in [2.45, 2.75) is 71.4 Å². The van der Waals surface area contributed by atoms with Gasteiger partial charge >= 0.3 is 6.09 Å². The lowest BCUT2D eigenvalue weighted by Crippen LogP contribution is -2.52. The van der Waals surface area contributed by atoms with Crippen LogP contribution in [0.1, 0.15) is 58.2 Å². The standard InChI is InChI=1S/C19H30N4O4/c1-13-20-16(27-21-13)6-5-7-17(24)22-10-8-14-9-11-23(15(14)12-22)18(25)26-19(2,3)4/h14-15H,5-12H2,1-4H3. The number of ether oxygens (including phenoxy) is 1. The van der Waals surface area contributed by atoms with E-state index >= 15 is 0 Å². The highest BCUT2D eigenvalue weighted by molar-refractivity contribution is 5.76. The fourth-order valence-corrected chi connectivity index (χ4v) is 3.90. The fourth-order valence-electron chi connectivity index (χ4n) is 3.90. The van der Waals surface area contributed by atoms with Crippen LogP contribution in [-0.4, -0.2) is 63.2 Å². The molecule has 2 fully saturated rings. The van der Waals surface area contributed by atoms with Gasteiger partial charge in [0.2, 0.25) is 11.8 Å². The largest absolute Gasteiger partial charge is 0.444 e. The van der Waals surface area contributed by atoms with Crippen LogP contribution in [0.4, 0.5) is 4.79 Å². The Labute approximate surface area is 160 Å². The maximum Gasteiger partial charge on any atom is 0.410 e. The van der Waals surface area contributed by atoms with Crippen molar-refractivity contribution in [2.75, 3.05) is 19.6 Å². The normalized spacial score (nSPS) is 22.7. The zero-order valence-electron chi connectivity index (χ0n) is 16.7. The Morgan fingerprint density at radius 1 is 1.26 bits per heavy atom. The van der Waals surface area contributed by atoms with E-state index in [0.29, 0.717) is 50.0 Å². The smallest absolute Gasteiger partial charge is 0.410 e. The molecular weight excluding hydrogens is 348 g/mol. The first-order chi connectivity index (χ1) is 12.7. The summed E-state index contributed by atoms with van der Waals surface area (Å²) in [6, 6.07) is 0.0659. The van der Waals surface area contributed by atoms with E-state index in [4.69, 9.17) is 9.26 Å². The first kappa shape index (κ1) is 19.6. The highest BCUT2D eigenvalue weighted by Gasteiger charge is 2.42. The number of carbonyl (C=O) groups is 2. The van der Waals surface area contributed by atoms with Gasteiger partial charge in [-0.3, -0.25) is 4.79 Å². The van der Waals surface area contributed by atoms with Crippen molar-refractivity contribution < 1.29 is 18.8 Å². The summed E-state index contributed by atoms with van der Waals surface area (Å²) in [6.07, 6.45) is 3.40. The van der Waals surface area contributed by atoms with Gasteiger partial charge in [0.05, 0.1) is 6.04 Å². The summed E-state index contributed by atoms with van der Waals surface area (Å²) in [6.45, 7) is 9.48. The van der Waals surface area contributed by atoms with Crippen molar-refractivity contribution >= 4 is 12.0 Å². The number of carbonyl (C=O) groups excluding carboxylic acids is 2. The van der Waals surface area contributed by atoms with Gasteiger partial charge in [0.1, 0.15) is 5.60 Å². The predicted molar refractivity (Wildman–Crippen MR) is 98.0 cm³/mol. The molecule has 8 nitrogen and oxygen atoms in total. The van der Waals surface area contributed by atoms with Crippen molar-refractivity contribution in [3.05, 3.63) is 11.7 Å². The third kappa shape index (κ3) is 4.99. The van der Waals surface area contributed by atoms with Crippen molar-refractivity contribution in [2.24, 2.45) is 5.92 Å². The van der Waals surface area contributed by atoms with Gasteiger partial charge in [0, 0.05) is 32.5 Å². The van der Waals surface area contributed by atoms with Crippen LogP contribution in [-0.2, 0) is 16.0 Å². The number of fused-ring (bicyclic) bond motifs is 1. The molecule has 1 aromatic rings. The predicted octanol–water partition coefficient (Wildman–Crippen LogP) is 2.56. The number of nitrogens with zero attached hydrogens (tertiary/aromatic N) is 4. The summed E-state index contributed by atoms with van der Waals surface area (Å²) >= 11 is 0. The Morgan fingerprint density at radius 3 is 2.67 bits per heavy atom. The average Bonchev–Trinajstić information content (AvgIpc) is 3.18. The molecule has 0 saturated carbocycles. The molecule has 0 aromatic carbocycles. The molecule has 0 radical (unpaired) electrons. The third-order valence-electron chi connectivity index (χ3n) is 5.19. The van der Waals surface area contributed by atoms with Gasteiger partial charge in [0.15, 0.2) is 5.82 Å². The number of rotatable bonds is 4. The number of piperidine rings is 1. The first-order valence-corrected chi connectivity index (χ1v) is 9.79. The summed E-state index contributed by atoms with van der Waals surface area (Å²) in [4.78, 5) is 33.0. The first-order valence-electron chi connectivity index (χ1n) is 9.79. The molecule has 0 bridgehead atoms. The quantitative estimate of drug-likeness (QED) is 0.800. The van der Waals surface area contributed by atoms with Crippen LogP contribution in [0, 0.1) is 12.8 Å². The van der Waals surface area contributed by atoms with Crippen LogP contribution in [0.25, 0.3) is 0 Å². The van der Waals surface area contributed by atoms with Gasteiger partial charge < -0.3 is 19.1 Å². The Balaban J connectivity index is 1.51. The number of hydrogen-bond donors (Lipinski definition) is 0. The Kier molecular flexibility index (Phi) is 5.72. The van der Waals surface area contributed by atoms with Crippen LogP contribution in [0.15, 0.2) is 4.52 Å². The molecule has 0 aliphatic carbocycles. The maximum atomic E-state index is 12.6. The van der Waals surface area contributed by atoms with Crippen LogP contribution in [0.2, 0.25) is 0 Å². The lowest BCUT2D eigenvalue weighted by atomic mass is 9.92. The van der Waals surface area contributed by atoms with E-state index in [9.17, 15) is 9.59 Å². The minimum absolute atomic E-state index is 0.0659. The zero-order valence-corrected chi connectivity index (χ0v) is 16.7. The summed E-state index contributed by atoms with van der Waals surface area (Å²) in [5.41, 5.74) is -0.507. The minimum atomic E-state index is -0.507. The van der Waals surface area contributed by atoms with Crippen LogP contribution < -0.4 is 0 Å². The number of amides is 2. The van der Waals surface area contributed by atoms with Gasteiger partial charge in [-0.1, -0.05) is 5.16 Å². The van der Waals surface area contributed by atoms with Gasteiger partial charge in [0.25, 0.3) is 0 Å². The highest BCUT2D eigenvalue weighted by Crippen LogP contribution is 2.33. The molecule has 2 amide bonds. The van der Waals surface area contributed by atoms with Gasteiger partial charge in [-0.2, -0.15) is 4.98 Å². The van der Waals surface area contributed by atoms with Crippen LogP contribution in [0.5, 0.6) is 0 Å².